The van der Waals surface area contributed by atoms with E-state index in [1.165, 1.54) is 44.2 Å². The topological polar surface area (TPSA) is 70.3 Å². The molecule has 6 heteroatoms. The molecule has 0 N–H and O–H groups in total. The maximum Gasteiger partial charge on any atom is 0.222 e. The Bertz CT molecular complexity index is 724. The highest BCUT2D eigenvalue weighted by Crippen LogP contribution is 2.22. The Balaban J connectivity index is 0.000000186. The molecule has 2 aromatic rings. The van der Waals surface area contributed by atoms with Crippen LogP contribution in [-0.2, 0) is 10.1 Å². The number of nitrogens with zero attached hydrogens (tertiary/aromatic N) is 1. The molecule has 1 aromatic heterocycles. The van der Waals surface area contributed by atoms with Crippen LogP contribution in [0.3, 0.4) is 0 Å². The molecule has 0 radical (unpaired) electrons. The van der Waals surface area contributed by atoms with Gasteiger partial charge in [-0.05, 0) is 37.8 Å². The third kappa shape index (κ3) is 7.23. The number of aromatic nitrogens is 1. The number of benzene rings is 1. The predicted molar refractivity (Wildman–Crippen MR) is 93.8 cm³/mol. The Kier molecular flexibility index (Phi) is 7.40. The zero-order chi connectivity index (χ0) is 18.1. The molecule has 1 aromatic carbocycles. The molecule has 0 saturated heterocycles. The highest BCUT2D eigenvalue weighted by Gasteiger charge is 2.15. The molecule has 25 heavy (non-hydrogen) atoms. The van der Waals surface area contributed by atoms with Gasteiger partial charge in [-0.3, -0.25) is 4.84 Å². The summed E-state index contributed by atoms with van der Waals surface area (Å²) in [6, 6.07) is 11.8. The van der Waals surface area contributed by atoms with Crippen LogP contribution < -0.4 is 9.57 Å². The Morgan fingerprint density at radius 2 is 1.64 bits per heavy atom. The fourth-order valence-corrected chi connectivity index (χ4v) is 3.19. The maximum absolute atomic E-state index is 10.4. The van der Waals surface area contributed by atoms with E-state index in [-0.39, 0.29) is 4.90 Å². The second-order valence-corrected chi connectivity index (χ2v) is 7.68. The first kappa shape index (κ1) is 19.4. The van der Waals surface area contributed by atoms with Crippen LogP contribution in [0, 0.1) is 12.8 Å². The minimum Gasteiger partial charge on any atom is -0.744 e. The van der Waals surface area contributed by atoms with Gasteiger partial charge in [0.15, 0.2) is 6.61 Å². The standard InChI is InChI=1S/C12H18NO.C7H8O3S/c1-3-7-12(8-4-1)11-14-13-9-5-2-6-10-13;1-6-2-4-7(5-3-6)11(8,9)10/h2,5-6,9-10,12H,1,3-4,7-8,11H2;2-5H,1H3,(H,8,9,10)/q+1;/p-1. The molecule has 136 valence electrons. The lowest BCUT2D eigenvalue weighted by Crippen LogP contribution is -2.44. The Morgan fingerprint density at radius 3 is 2.20 bits per heavy atom. The van der Waals surface area contributed by atoms with Crippen molar-refractivity contribution in [3.8, 4) is 0 Å². The summed E-state index contributed by atoms with van der Waals surface area (Å²) in [6.07, 6.45) is 10.8. The van der Waals surface area contributed by atoms with Gasteiger partial charge in [0.2, 0.25) is 12.4 Å². The van der Waals surface area contributed by atoms with Gasteiger partial charge in [0.05, 0.1) is 4.90 Å². The quantitative estimate of drug-likeness (QED) is 0.619. The van der Waals surface area contributed by atoms with Gasteiger partial charge in [-0.2, -0.15) is 0 Å². The minimum atomic E-state index is -4.27. The molecule has 1 heterocycles. The second-order valence-electron chi connectivity index (χ2n) is 6.30. The number of rotatable bonds is 4. The van der Waals surface area contributed by atoms with Crippen molar-refractivity contribution in [3.63, 3.8) is 0 Å². The largest absolute Gasteiger partial charge is 0.744 e. The van der Waals surface area contributed by atoms with E-state index in [0.717, 1.165) is 18.1 Å². The molecule has 5 nitrogen and oxygen atoms in total. The van der Waals surface area contributed by atoms with Gasteiger partial charge in [0.25, 0.3) is 0 Å². The van der Waals surface area contributed by atoms with Crippen molar-refractivity contribution >= 4 is 10.1 Å². The first-order valence-electron chi connectivity index (χ1n) is 8.57. The zero-order valence-corrected chi connectivity index (χ0v) is 15.3. The number of pyridine rings is 1. The average Bonchev–Trinajstić information content (AvgIpc) is 2.62. The fraction of sp³-hybridized carbons (Fsp3) is 0.421. The van der Waals surface area contributed by atoms with E-state index in [1.807, 2.05) is 37.5 Å². The molecule has 0 amide bonds. The van der Waals surface area contributed by atoms with Gasteiger partial charge in [-0.25, -0.2) is 8.42 Å². The highest BCUT2D eigenvalue weighted by molar-refractivity contribution is 7.85. The summed E-state index contributed by atoms with van der Waals surface area (Å²) in [5.74, 6) is 0.774. The third-order valence-corrected chi connectivity index (χ3v) is 5.03. The highest BCUT2D eigenvalue weighted by atomic mass is 32.2. The van der Waals surface area contributed by atoms with E-state index in [0.29, 0.717) is 0 Å². The van der Waals surface area contributed by atoms with Crippen LogP contribution in [-0.4, -0.2) is 19.6 Å². The van der Waals surface area contributed by atoms with Crippen LogP contribution in [0.5, 0.6) is 0 Å². The molecular weight excluding hydrogens is 338 g/mol. The monoisotopic (exact) mass is 363 g/mol. The lowest BCUT2D eigenvalue weighted by Gasteiger charge is -2.18. The third-order valence-electron chi connectivity index (χ3n) is 4.18. The Labute approximate surface area is 150 Å². The van der Waals surface area contributed by atoms with E-state index in [9.17, 15) is 13.0 Å². The Morgan fingerprint density at radius 1 is 1.04 bits per heavy atom. The number of hydrogen-bond acceptors (Lipinski definition) is 4. The first-order chi connectivity index (χ1) is 11.9. The first-order valence-corrected chi connectivity index (χ1v) is 9.98. The van der Waals surface area contributed by atoms with Crippen molar-refractivity contribution in [2.45, 2.75) is 43.9 Å². The van der Waals surface area contributed by atoms with E-state index >= 15 is 0 Å². The second kappa shape index (κ2) is 9.53. The summed E-state index contributed by atoms with van der Waals surface area (Å²) in [5.41, 5.74) is 0.928. The van der Waals surface area contributed by atoms with Gasteiger partial charge < -0.3 is 4.55 Å². The normalized spacial score (nSPS) is 15.1. The van der Waals surface area contributed by atoms with Gasteiger partial charge >= 0.3 is 0 Å². The molecule has 1 aliphatic carbocycles. The molecule has 1 aliphatic rings. The summed E-state index contributed by atoms with van der Waals surface area (Å²) >= 11 is 0. The van der Waals surface area contributed by atoms with Crippen molar-refractivity contribution in [1.82, 2.24) is 0 Å². The maximum atomic E-state index is 10.4. The van der Waals surface area contributed by atoms with Gasteiger partial charge in [0.1, 0.15) is 10.1 Å². The lowest BCUT2D eigenvalue weighted by molar-refractivity contribution is -0.892. The molecule has 0 atom stereocenters. The van der Waals surface area contributed by atoms with Crippen molar-refractivity contribution in [1.29, 1.82) is 0 Å². The molecule has 3 rings (SSSR count). The van der Waals surface area contributed by atoms with Crippen LogP contribution in [0.2, 0.25) is 0 Å². The van der Waals surface area contributed by atoms with Crippen molar-refractivity contribution in [2.75, 3.05) is 6.61 Å². The summed E-state index contributed by atoms with van der Waals surface area (Å²) in [4.78, 5) is 5.48. The molecule has 0 unspecified atom stereocenters. The number of aryl methyl sites for hydroxylation is 1. The summed E-state index contributed by atoms with van der Waals surface area (Å²) in [6.45, 7) is 2.69. The summed E-state index contributed by atoms with van der Waals surface area (Å²) in [7, 11) is -4.27. The fourth-order valence-electron chi connectivity index (χ4n) is 2.72. The summed E-state index contributed by atoms with van der Waals surface area (Å²) < 4.78 is 33.0. The SMILES string of the molecule is Cc1ccc(S(=O)(=O)[O-])cc1.c1cc[n+](OCC2CCCCC2)cc1. The van der Waals surface area contributed by atoms with Crippen molar-refractivity contribution in [2.24, 2.45) is 5.92 Å². The molecular formula is C19H25NO4S. The molecule has 0 aliphatic heterocycles. The van der Waals surface area contributed by atoms with E-state index in [1.54, 1.807) is 16.9 Å². The van der Waals surface area contributed by atoms with Crippen LogP contribution in [0.4, 0.5) is 0 Å². The van der Waals surface area contributed by atoms with Gasteiger partial charge in [0, 0.05) is 16.9 Å². The van der Waals surface area contributed by atoms with E-state index < -0.39 is 10.1 Å². The predicted octanol–water partition coefficient (Wildman–Crippen LogP) is 2.88. The molecule has 0 spiro atoms. The minimum absolute atomic E-state index is 0.178. The van der Waals surface area contributed by atoms with E-state index in [4.69, 9.17) is 4.84 Å². The van der Waals surface area contributed by atoms with E-state index in [2.05, 4.69) is 0 Å². The van der Waals surface area contributed by atoms with Gasteiger partial charge in [-0.15, -0.1) is 0 Å². The molecule has 1 fully saturated rings. The van der Waals surface area contributed by atoms with Gasteiger partial charge in [-0.1, -0.05) is 43.0 Å². The van der Waals surface area contributed by atoms with Crippen LogP contribution in [0.25, 0.3) is 0 Å². The molecule has 0 bridgehead atoms. The van der Waals surface area contributed by atoms with Crippen LogP contribution in [0.15, 0.2) is 59.8 Å². The van der Waals surface area contributed by atoms with Crippen molar-refractivity contribution < 1.29 is 22.5 Å². The number of hydrogen-bond donors (Lipinski definition) is 0. The van der Waals surface area contributed by atoms with Crippen molar-refractivity contribution in [3.05, 3.63) is 60.4 Å². The summed E-state index contributed by atoms with van der Waals surface area (Å²) in [5, 5.41) is 0. The lowest BCUT2D eigenvalue weighted by atomic mass is 9.90. The molecule has 1 saturated carbocycles. The smallest absolute Gasteiger partial charge is 0.222 e. The van der Waals surface area contributed by atoms with Crippen LogP contribution >= 0.6 is 0 Å². The zero-order valence-electron chi connectivity index (χ0n) is 14.5. The Hall–Kier alpha value is -1.92. The van der Waals surface area contributed by atoms with Crippen LogP contribution in [0.1, 0.15) is 37.7 Å². The average molecular weight is 363 g/mol.